The van der Waals surface area contributed by atoms with Crippen LogP contribution in [-0.2, 0) is 4.74 Å². The Morgan fingerprint density at radius 2 is 1.64 bits per heavy atom. The summed E-state index contributed by atoms with van der Waals surface area (Å²) in [7, 11) is 0. The Kier molecular flexibility index (Phi) is 6.39. The minimum Gasteiger partial charge on any atom is -0.491 e. The van der Waals surface area contributed by atoms with Gasteiger partial charge in [-0.2, -0.15) is 0 Å². The van der Waals surface area contributed by atoms with Crippen molar-refractivity contribution in [2.45, 2.75) is 26.9 Å². The van der Waals surface area contributed by atoms with Gasteiger partial charge in [-0.1, -0.05) is 12.1 Å². The van der Waals surface area contributed by atoms with Gasteiger partial charge in [-0.05, 0) is 51.1 Å². The summed E-state index contributed by atoms with van der Waals surface area (Å²) in [4.78, 5) is 23.9. The summed E-state index contributed by atoms with van der Waals surface area (Å²) in [5.74, 6) is 0.252. The fourth-order valence-electron chi connectivity index (χ4n) is 2.15. The predicted octanol–water partition coefficient (Wildman–Crippen LogP) is 4.29. The molecule has 2 aromatic carbocycles. The molecule has 0 atom stereocenters. The van der Waals surface area contributed by atoms with E-state index in [-0.39, 0.29) is 6.10 Å². The Labute approximate surface area is 147 Å². The lowest BCUT2D eigenvalue weighted by Gasteiger charge is -2.12. The number of rotatable bonds is 6. The lowest BCUT2D eigenvalue weighted by atomic mass is 10.2. The molecular formula is C19H22N2O4. The molecule has 0 unspecified atom stereocenters. The number of hydrogen-bond acceptors (Lipinski definition) is 4. The molecule has 0 aliphatic heterocycles. The fraction of sp³-hybridized carbons (Fsp3) is 0.263. The summed E-state index contributed by atoms with van der Waals surface area (Å²) in [5.41, 5.74) is 1.49. The highest BCUT2D eigenvalue weighted by Crippen LogP contribution is 2.19. The van der Waals surface area contributed by atoms with Gasteiger partial charge in [0, 0.05) is 17.4 Å². The first kappa shape index (κ1) is 18.3. The van der Waals surface area contributed by atoms with Crippen LogP contribution in [0, 0.1) is 0 Å². The molecule has 0 aromatic heterocycles. The van der Waals surface area contributed by atoms with E-state index in [9.17, 15) is 9.59 Å². The van der Waals surface area contributed by atoms with Crippen molar-refractivity contribution in [1.29, 1.82) is 0 Å². The Bertz CT molecular complexity index is 744. The van der Waals surface area contributed by atoms with Crippen LogP contribution in [0.5, 0.6) is 5.75 Å². The van der Waals surface area contributed by atoms with Crippen LogP contribution in [0.1, 0.15) is 31.1 Å². The van der Waals surface area contributed by atoms with Gasteiger partial charge in [0.05, 0.1) is 18.3 Å². The van der Waals surface area contributed by atoms with Crippen LogP contribution in [0.15, 0.2) is 48.5 Å². The molecular weight excluding hydrogens is 320 g/mol. The molecule has 0 aliphatic rings. The largest absolute Gasteiger partial charge is 0.491 e. The molecule has 0 fully saturated rings. The average molecular weight is 342 g/mol. The fourth-order valence-corrected chi connectivity index (χ4v) is 2.15. The number of benzene rings is 2. The zero-order valence-corrected chi connectivity index (χ0v) is 14.5. The van der Waals surface area contributed by atoms with E-state index in [2.05, 4.69) is 10.6 Å². The number of esters is 1. The van der Waals surface area contributed by atoms with Crippen molar-refractivity contribution in [1.82, 2.24) is 0 Å². The van der Waals surface area contributed by atoms with Crippen LogP contribution in [-0.4, -0.2) is 24.7 Å². The number of carbonyl (C=O) groups excluding carboxylic acids is 2. The molecule has 0 spiro atoms. The summed E-state index contributed by atoms with van der Waals surface area (Å²) >= 11 is 0. The van der Waals surface area contributed by atoms with Gasteiger partial charge < -0.3 is 20.1 Å². The van der Waals surface area contributed by atoms with Crippen LogP contribution in [0.4, 0.5) is 16.2 Å². The summed E-state index contributed by atoms with van der Waals surface area (Å²) in [6.07, 6.45) is 0.0506. The molecule has 2 amide bonds. The first-order valence-corrected chi connectivity index (χ1v) is 8.10. The molecule has 0 radical (unpaired) electrons. The third-order valence-electron chi connectivity index (χ3n) is 3.10. The van der Waals surface area contributed by atoms with Gasteiger partial charge in [0.25, 0.3) is 0 Å². The van der Waals surface area contributed by atoms with E-state index >= 15 is 0 Å². The van der Waals surface area contributed by atoms with Crippen molar-refractivity contribution in [2.24, 2.45) is 0 Å². The maximum Gasteiger partial charge on any atom is 0.338 e. The Balaban J connectivity index is 2.01. The normalized spacial score (nSPS) is 10.2. The first-order chi connectivity index (χ1) is 12.0. The standard InChI is InChI=1S/C19H22N2O4/c1-4-24-18(22)14-7-5-8-15(11-14)20-19(23)21-16-9-6-10-17(12-16)25-13(2)3/h5-13H,4H2,1-3H3,(H2,20,21,23). The Hall–Kier alpha value is -3.02. The third kappa shape index (κ3) is 5.84. The maximum atomic E-state index is 12.1. The van der Waals surface area contributed by atoms with Crippen molar-refractivity contribution >= 4 is 23.4 Å². The second kappa shape index (κ2) is 8.73. The first-order valence-electron chi connectivity index (χ1n) is 8.10. The van der Waals surface area contributed by atoms with Crippen LogP contribution >= 0.6 is 0 Å². The Morgan fingerprint density at radius 1 is 1.00 bits per heavy atom. The van der Waals surface area contributed by atoms with E-state index in [4.69, 9.17) is 9.47 Å². The molecule has 2 rings (SSSR count). The molecule has 6 heteroatoms. The number of amides is 2. The number of anilines is 2. The number of hydrogen-bond donors (Lipinski definition) is 2. The highest BCUT2D eigenvalue weighted by atomic mass is 16.5. The summed E-state index contributed by atoms with van der Waals surface area (Å²) in [6, 6.07) is 13.3. The van der Waals surface area contributed by atoms with Crippen molar-refractivity contribution < 1.29 is 19.1 Å². The van der Waals surface area contributed by atoms with Crippen molar-refractivity contribution in [3.63, 3.8) is 0 Å². The average Bonchev–Trinajstić information content (AvgIpc) is 2.55. The van der Waals surface area contributed by atoms with Gasteiger partial charge in [0.15, 0.2) is 0 Å². The van der Waals surface area contributed by atoms with Gasteiger partial charge in [0.1, 0.15) is 5.75 Å². The third-order valence-corrected chi connectivity index (χ3v) is 3.10. The summed E-state index contributed by atoms with van der Waals surface area (Å²) in [5, 5.41) is 5.42. The van der Waals surface area contributed by atoms with Crippen LogP contribution in [0.3, 0.4) is 0 Å². The van der Waals surface area contributed by atoms with E-state index in [0.29, 0.717) is 29.3 Å². The molecule has 0 aliphatic carbocycles. The van der Waals surface area contributed by atoms with E-state index in [1.807, 2.05) is 19.9 Å². The molecule has 0 saturated carbocycles. The van der Waals surface area contributed by atoms with E-state index in [1.54, 1.807) is 49.4 Å². The van der Waals surface area contributed by atoms with E-state index < -0.39 is 12.0 Å². The smallest absolute Gasteiger partial charge is 0.338 e. The molecule has 0 heterocycles. The number of urea groups is 1. The van der Waals surface area contributed by atoms with E-state index in [0.717, 1.165) is 0 Å². The second-order valence-electron chi connectivity index (χ2n) is 5.57. The Morgan fingerprint density at radius 3 is 2.28 bits per heavy atom. The summed E-state index contributed by atoms with van der Waals surface area (Å²) < 4.78 is 10.5. The monoisotopic (exact) mass is 342 g/mol. The van der Waals surface area contributed by atoms with Gasteiger partial charge in [0.2, 0.25) is 0 Å². The molecule has 2 N–H and O–H groups in total. The number of carbonyl (C=O) groups is 2. The van der Waals surface area contributed by atoms with Crippen LogP contribution in [0.25, 0.3) is 0 Å². The van der Waals surface area contributed by atoms with Crippen LogP contribution < -0.4 is 15.4 Å². The summed E-state index contributed by atoms with van der Waals surface area (Å²) in [6.45, 7) is 5.91. The molecule has 2 aromatic rings. The molecule has 6 nitrogen and oxygen atoms in total. The zero-order valence-electron chi connectivity index (χ0n) is 14.5. The minimum atomic E-state index is -0.426. The van der Waals surface area contributed by atoms with Gasteiger partial charge in [-0.3, -0.25) is 0 Å². The SMILES string of the molecule is CCOC(=O)c1cccc(NC(=O)Nc2cccc(OC(C)C)c2)c1. The second-order valence-corrected chi connectivity index (χ2v) is 5.57. The zero-order chi connectivity index (χ0) is 18.2. The maximum absolute atomic E-state index is 12.1. The lowest BCUT2D eigenvalue weighted by molar-refractivity contribution is 0.0526. The quantitative estimate of drug-likeness (QED) is 0.768. The van der Waals surface area contributed by atoms with Crippen molar-refractivity contribution in [2.75, 3.05) is 17.2 Å². The molecule has 25 heavy (non-hydrogen) atoms. The topological polar surface area (TPSA) is 76.7 Å². The number of nitrogens with one attached hydrogen (secondary N) is 2. The van der Waals surface area contributed by atoms with Crippen LogP contribution in [0.2, 0.25) is 0 Å². The highest BCUT2D eigenvalue weighted by molar-refractivity contribution is 6.00. The molecule has 132 valence electrons. The molecule has 0 bridgehead atoms. The minimum absolute atomic E-state index is 0.0506. The molecule has 0 saturated heterocycles. The van der Waals surface area contributed by atoms with Gasteiger partial charge >= 0.3 is 12.0 Å². The van der Waals surface area contributed by atoms with Gasteiger partial charge in [-0.25, -0.2) is 9.59 Å². The van der Waals surface area contributed by atoms with E-state index in [1.165, 1.54) is 0 Å². The number of ether oxygens (including phenoxy) is 2. The lowest BCUT2D eigenvalue weighted by Crippen LogP contribution is -2.19. The van der Waals surface area contributed by atoms with Crippen molar-refractivity contribution in [3.8, 4) is 5.75 Å². The predicted molar refractivity (Wildman–Crippen MR) is 97.2 cm³/mol. The van der Waals surface area contributed by atoms with Crippen molar-refractivity contribution in [3.05, 3.63) is 54.1 Å². The highest BCUT2D eigenvalue weighted by Gasteiger charge is 2.09. The van der Waals surface area contributed by atoms with Gasteiger partial charge in [-0.15, -0.1) is 0 Å².